The monoisotopic (exact) mass is 414 g/mol. The molecule has 0 aromatic heterocycles. The Bertz CT molecular complexity index is 838. The lowest BCUT2D eigenvalue weighted by Crippen LogP contribution is -2.43. The molecule has 0 spiro atoms. The third-order valence-corrected chi connectivity index (χ3v) is 5.62. The van der Waals surface area contributed by atoms with Gasteiger partial charge in [-0.25, -0.2) is 4.79 Å². The minimum Gasteiger partial charge on any atom is -0.493 e. The van der Waals surface area contributed by atoms with E-state index < -0.39 is 0 Å². The normalized spacial score (nSPS) is 25.4. The van der Waals surface area contributed by atoms with Crippen LogP contribution in [0.15, 0.2) is 36.3 Å². The van der Waals surface area contributed by atoms with Crippen LogP contribution in [0.5, 0.6) is 5.75 Å². The van der Waals surface area contributed by atoms with Crippen LogP contribution in [0.1, 0.15) is 55.8 Å². The number of rotatable bonds is 7. The summed E-state index contributed by atoms with van der Waals surface area (Å²) in [6, 6.07) is 6.45. The molecule has 2 fully saturated rings. The van der Waals surface area contributed by atoms with Gasteiger partial charge in [0.1, 0.15) is 24.2 Å². The number of Topliss-reactive ketones (excluding diaryl/α,β-unsaturated/α-hetero) is 1. The van der Waals surface area contributed by atoms with E-state index >= 15 is 0 Å². The molecule has 30 heavy (non-hydrogen) atoms. The van der Waals surface area contributed by atoms with E-state index in [9.17, 15) is 14.4 Å². The number of benzene rings is 1. The van der Waals surface area contributed by atoms with Gasteiger partial charge in [0.05, 0.1) is 24.0 Å². The summed E-state index contributed by atoms with van der Waals surface area (Å²) in [5.74, 6) is -0.268. The first-order chi connectivity index (χ1) is 14.5. The molecule has 3 unspecified atom stereocenters. The second-order valence-corrected chi connectivity index (χ2v) is 8.04. The van der Waals surface area contributed by atoms with Crippen molar-refractivity contribution in [3.63, 3.8) is 0 Å². The summed E-state index contributed by atoms with van der Waals surface area (Å²) in [5.41, 5.74) is 0.426. The van der Waals surface area contributed by atoms with Gasteiger partial charge in [-0.1, -0.05) is 6.92 Å². The lowest BCUT2D eigenvalue weighted by molar-refractivity contribution is -0.156. The van der Waals surface area contributed by atoms with Crippen molar-refractivity contribution in [1.29, 1.82) is 0 Å². The average Bonchev–Trinajstić information content (AvgIpc) is 3.60. The van der Waals surface area contributed by atoms with E-state index in [4.69, 9.17) is 18.9 Å². The fourth-order valence-corrected chi connectivity index (χ4v) is 3.76. The molecule has 160 valence electrons. The molecule has 7 heteroatoms. The number of ether oxygens (including phenoxy) is 4. The predicted molar refractivity (Wildman–Crippen MR) is 106 cm³/mol. The Morgan fingerprint density at radius 3 is 2.57 bits per heavy atom. The van der Waals surface area contributed by atoms with Gasteiger partial charge in [-0.05, 0) is 56.4 Å². The molecule has 1 heterocycles. The van der Waals surface area contributed by atoms with Gasteiger partial charge in [0.25, 0.3) is 0 Å². The molecule has 0 N–H and O–H groups in total. The zero-order valence-corrected chi connectivity index (χ0v) is 17.0. The average molecular weight is 414 g/mol. The minimum absolute atomic E-state index is 0.0661. The molecule has 2 aliphatic carbocycles. The van der Waals surface area contributed by atoms with Gasteiger partial charge in [-0.3, -0.25) is 9.59 Å². The Morgan fingerprint density at radius 1 is 1.10 bits per heavy atom. The van der Waals surface area contributed by atoms with E-state index in [1.54, 1.807) is 24.3 Å². The van der Waals surface area contributed by atoms with Crippen molar-refractivity contribution >= 4 is 17.7 Å². The number of fused-ring (bicyclic) bond motifs is 1. The van der Waals surface area contributed by atoms with Gasteiger partial charge < -0.3 is 18.9 Å². The number of hydrogen-bond donors (Lipinski definition) is 0. The highest BCUT2D eigenvalue weighted by atomic mass is 16.6. The van der Waals surface area contributed by atoms with E-state index in [1.807, 2.05) is 6.92 Å². The van der Waals surface area contributed by atoms with Crippen molar-refractivity contribution < 1.29 is 33.3 Å². The summed E-state index contributed by atoms with van der Waals surface area (Å²) in [6.45, 7) is 2.30. The van der Waals surface area contributed by atoms with Crippen LogP contribution in [-0.2, 0) is 23.8 Å². The lowest BCUT2D eigenvalue weighted by atomic mass is 9.80. The summed E-state index contributed by atoms with van der Waals surface area (Å²) in [4.78, 5) is 36.6. The van der Waals surface area contributed by atoms with Gasteiger partial charge in [0, 0.05) is 6.42 Å². The number of allylic oxidation sites excluding steroid dienone is 1. The molecule has 1 aliphatic heterocycles. The van der Waals surface area contributed by atoms with E-state index in [1.165, 1.54) is 6.26 Å². The van der Waals surface area contributed by atoms with Crippen LogP contribution in [0.25, 0.3) is 0 Å². The molecule has 0 bridgehead atoms. The molecular formula is C23H26O7. The quantitative estimate of drug-likeness (QED) is 0.630. The zero-order chi connectivity index (χ0) is 21.1. The van der Waals surface area contributed by atoms with Crippen LogP contribution in [-0.4, -0.2) is 36.5 Å². The molecule has 1 aromatic carbocycles. The van der Waals surface area contributed by atoms with Gasteiger partial charge in [-0.15, -0.1) is 0 Å². The Kier molecular flexibility index (Phi) is 6.06. The summed E-state index contributed by atoms with van der Waals surface area (Å²) in [5, 5.41) is 0. The van der Waals surface area contributed by atoms with Crippen molar-refractivity contribution in [2.24, 2.45) is 11.8 Å². The van der Waals surface area contributed by atoms with Crippen LogP contribution >= 0.6 is 0 Å². The van der Waals surface area contributed by atoms with Crippen LogP contribution in [0.4, 0.5) is 0 Å². The fourth-order valence-electron chi connectivity index (χ4n) is 3.76. The Hall–Kier alpha value is -2.83. The van der Waals surface area contributed by atoms with Crippen LogP contribution < -0.4 is 4.74 Å². The molecular weight excluding hydrogens is 388 g/mol. The number of hydrogen-bond acceptors (Lipinski definition) is 7. The molecule has 0 radical (unpaired) electrons. The maximum Gasteiger partial charge on any atom is 0.338 e. The maximum absolute atomic E-state index is 12.8. The van der Waals surface area contributed by atoms with Crippen molar-refractivity contribution in [3.05, 3.63) is 41.9 Å². The zero-order valence-electron chi connectivity index (χ0n) is 17.0. The second kappa shape index (κ2) is 8.90. The third-order valence-electron chi connectivity index (χ3n) is 5.62. The molecule has 4 rings (SSSR count). The minimum atomic E-state index is -0.387. The van der Waals surface area contributed by atoms with Crippen LogP contribution in [0.3, 0.4) is 0 Å². The highest BCUT2D eigenvalue weighted by molar-refractivity contribution is 5.96. The highest BCUT2D eigenvalue weighted by Gasteiger charge is 2.43. The predicted octanol–water partition coefficient (Wildman–Crippen LogP) is 3.56. The van der Waals surface area contributed by atoms with E-state index in [0.29, 0.717) is 37.2 Å². The van der Waals surface area contributed by atoms with E-state index in [-0.39, 0.29) is 47.5 Å². The maximum atomic E-state index is 12.8. The Balaban J connectivity index is 1.34. The van der Waals surface area contributed by atoms with Crippen molar-refractivity contribution in [2.75, 3.05) is 6.61 Å². The molecule has 0 saturated heterocycles. The summed E-state index contributed by atoms with van der Waals surface area (Å²) in [7, 11) is 0. The number of carbonyl (C=O) groups excluding carboxylic acids is 3. The molecule has 0 amide bonds. The first-order valence-corrected chi connectivity index (χ1v) is 10.6. The first-order valence-electron chi connectivity index (χ1n) is 10.6. The van der Waals surface area contributed by atoms with Crippen LogP contribution in [0.2, 0.25) is 0 Å². The van der Waals surface area contributed by atoms with Gasteiger partial charge in [0.15, 0.2) is 0 Å². The summed E-state index contributed by atoms with van der Waals surface area (Å²) in [6.07, 6.45) is 5.20. The topological polar surface area (TPSA) is 88.1 Å². The number of carbonyl (C=O) groups is 3. The SMILES string of the molecule is CCCOC(=O)c1ccc(OC2=COC3CC(OC(=O)C4CC4)CCC3C2=O)cc1. The van der Waals surface area contributed by atoms with Crippen molar-refractivity contribution in [2.45, 2.75) is 57.7 Å². The van der Waals surface area contributed by atoms with Crippen molar-refractivity contribution in [3.8, 4) is 5.75 Å². The van der Waals surface area contributed by atoms with Crippen LogP contribution in [0, 0.1) is 11.8 Å². The van der Waals surface area contributed by atoms with Gasteiger partial charge in [0.2, 0.25) is 11.5 Å². The highest BCUT2D eigenvalue weighted by Crippen LogP contribution is 2.37. The Morgan fingerprint density at radius 2 is 1.87 bits per heavy atom. The summed E-state index contributed by atoms with van der Waals surface area (Å²) >= 11 is 0. The van der Waals surface area contributed by atoms with Crippen molar-refractivity contribution in [1.82, 2.24) is 0 Å². The molecule has 7 nitrogen and oxygen atoms in total. The van der Waals surface area contributed by atoms with Gasteiger partial charge in [-0.2, -0.15) is 0 Å². The standard InChI is InChI=1S/C23H26O7/c1-2-11-27-22(25)14-5-7-16(8-6-14)29-20-13-28-19-12-17(9-10-18(19)21(20)24)30-23(26)15-3-4-15/h5-8,13,15,17-19H,2-4,9-12H2,1H3. The smallest absolute Gasteiger partial charge is 0.338 e. The van der Waals surface area contributed by atoms with E-state index in [0.717, 1.165) is 19.3 Å². The fraction of sp³-hybridized carbons (Fsp3) is 0.522. The number of ketones is 1. The Labute approximate surface area is 175 Å². The van der Waals surface area contributed by atoms with Gasteiger partial charge >= 0.3 is 11.9 Å². The number of esters is 2. The molecule has 1 aromatic rings. The third kappa shape index (κ3) is 4.66. The van der Waals surface area contributed by atoms with E-state index in [2.05, 4.69) is 0 Å². The second-order valence-electron chi connectivity index (χ2n) is 8.04. The lowest BCUT2D eigenvalue weighted by Gasteiger charge is -2.36. The molecule has 2 saturated carbocycles. The summed E-state index contributed by atoms with van der Waals surface area (Å²) < 4.78 is 22.1. The largest absolute Gasteiger partial charge is 0.493 e. The first kappa shape index (κ1) is 20.4. The molecule has 3 aliphatic rings. The molecule has 3 atom stereocenters.